The van der Waals surface area contributed by atoms with Crippen LogP contribution >= 0.6 is 24.8 Å². The van der Waals surface area contributed by atoms with E-state index < -0.39 is 0 Å². The molecule has 0 saturated carbocycles. The van der Waals surface area contributed by atoms with Crippen LogP contribution < -0.4 is 11.1 Å². The standard InChI is InChI=1S/C20H25N3O2.2ClH/c21-19-8-4-3-7-18(19)20(25)22-13-15-5-1-2-6-16(15)14-23-11-9-17(24)10-12-23;;/h1-8,17,24H,9-14,21H2,(H,22,25);2*1H. The molecule has 4 N–H and O–H groups in total. The second kappa shape index (κ2) is 11.1. The van der Waals surface area contributed by atoms with E-state index in [1.54, 1.807) is 12.1 Å². The average Bonchev–Trinajstić information content (AvgIpc) is 2.63. The third kappa shape index (κ3) is 6.40. The summed E-state index contributed by atoms with van der Waals surface area (Å²) in [5.74, 6) is -0.158. The molecule has 2 aromatic rings. The number of hydrogen-bond donors (Lipinski definition) is 3. The molecule has 5 nitrogen and oxygen atoms in total. The normalized spacial score (nSPS) is 14.7. The maximum Gasteiger partial charge on any atom is 0.253 e. The van der Waals surface area contributed by atoms with Crippen LogP contribution in [0.2, 0.25) is 0 Å². The van der Waals surface area contributed by atoms with Crippen LogP contribution in [0.5, 0.6) is 0 Å². The number of nitrogens with one attached hydrogen (secondary N) is 1. The van der Waals surface area contributed by atoms with Gasteiger partial charge in [0.25, 0.3) is 5.91 Å². The number of amides is 1. The molecule has 2 aromatic carbocycles. The van der Waals surface area contributed by atoms with Crippen molar-refractivity contribution in [2.45, 2.75) is 32.0 Å². The number of rotatable bonds is 5. The second-order valence-electron chi connectivity index (χ2n) is 6.55. The summed E-state index contributed by atoms with van der Waals surface area (Å²) in [4.78, 5) is 14.7. The Labute approximate surface area is 172 Å². The molecule has 1 aliphatic heterocycles. The Morgan fingerprint density at radius 2 is 1.63 bits per heavy atom. The monoisotopic (exact) mass is 411 g/mol. The number of halogens is 2. The number of anilines is 1. The Bertz CT molecular complexity index is 735. The van der Waals surface area contributed by atoms with Crippen molar-refractivity contribution >= 4 is 36.4 Å². The van der Waals surface area contributed by atoms with E-state index in [1.165, 1.54) is 5.56 Å². The largest absolute Gasteiger partial charge is 0.398 e. The Balaban J connectivity index is 0.00000182. The van der Waals surface area contributed by atoms with Crippen molar-refractivity contribution < 1.29 is 9.90 Å². The molecular formula is C20H27Cl2N3O2. The van der Waals surface area contributed by atoms with Crippen molar-refractivity contribution in [1.29, 1.82) is 0 Å². The predicted octanol–water partition coefficient (Wildman–Crippen LogP) is 3.00. The number of hydrogen-bond acceptors (Lipinski definition) is 4. The Morgan fingerprint density at radius 3 is 2.30 bits per heavy atom. The first-order valence-corrected chi connectivity index (χ1v) is 8.73. The number of carbonyl (C=O) groups is 1. The van der Waals surface area contributed by atoms with E-state index in [9.17, 15) is 9.90 Å². The molecule has 1 aliphatic rings. The fourth-order valence-corrected chi connectivity index (χ4v) is 3.18. The minimum Gasteiger partial charge on any atom is -0.398 e. The topological polar surface area (TPSA) is 78.6 Å². The van der Waals surface area contributed by atoms with E-state index in [0.29, 0.717) is 17.8 Å². The van der Waals surface area contributed by atoms with Crippen molar-refractivity contribution in [3.8, 4) is 0 Å². The van der Waals surface area contributed by atoms with Gasteiger partial charge in [0.1, 0.15) is 0 Å². The molecule has 1 saturated heterocycles. The first kappa shape index (κ1) is 23.2. The predicted molar refractivity (Wildman–Crippen MR) is 113 cm³/mol. The van der Waals surface area contributed by atoms with Gasteiger partial charge < -0.3 is 16.2 Å². The molecule has 1 amide bonds. The summed E-state index contributed by atoms with van der Waals surface area (Å²) in [6, 6.07) is 15.2. The zero-order valence-electron chi connectivity index (χ0n) is 15.1. The number of aliphatic hydroxyl groups is 1. The van der Waals surface area contributed by atoms with E-state index in [4.69, 9.17) is 5.73 Å². The van der Waals surface area contributed by atoms with Crippen LogP contribution in [0.25, 0.3) is 0 Å². The molecule has 3 rings (SSSR count). The zero-order chi connectivity index (χ0) is 17.6. The lowest BCUT2D eigenvalue weighted by Crippen LogP contribution is -2.35. The van der Waals surface area contributed by atoms with Gasteiger partial charge in [-0.05, 0) is 36.1 Å². The maximum atomic E-state index is 12.3. The van der Waals surface area contributed by atoms with Crippen LogP contribution in [0.4, 0.5) is 5.69 Å². The van der Waals surface area contributed by atoms with Gasteiger partial charge in [-0.15, -0.1) is 24.8 Å². The molecule has 0 radical (unpaired) electrons. The third-order valence-corrected chi connectivity index (χ3v) is 4.71. The van der Waals surface area contributed by atoms with Gasteiger partial charge in [0.05, 0.1) is 11.7 Å². The molecule has 0 aromatic heterocycles. The summed E-state index contributed by atoms with van der Waals surface area (Å²) in [6.45, 7) is 3.12. The van der Waals surface area contributed by atoms with Crippen LogP contribution in [0, 0.1) is 0 Å². The Hall–Kier alpha value is -1.79. The maximum absolute atomic E-state index is 12.3. The molecule has 148 valence electrons. The van der Waals surface area contributed by atoms with E-state index in [2.05, 4.69) is 16.3 Å². The summed E-state index contributed by atoms with van der Waals surface area (Å²) in [5, 5.41) is 12.6. The van der Waals surface area contributed by atoms with Crippen LogP contribution in [0.1, 0.15) is 34.3 Å². The van der Waals surface area contributed by atoms with Gasteiger partial charge in [-0.2, -0.15) is 0 Å². The smallest absolute Gasteiger partial charge is 0.253 e. The van der Waals surface area contributed by atoms with Gasteiger partial charge in [0, 0.05) is 31.9 Å². The van der Waals surface area contributed by atoms with Crippen molar-refractivity contribution in [3.05, 3.63) is 65.2 Å². The quantitative estimate of drug-likeness (QED) is 0.660. The molecule has 27 heavy (non-hydrogen) atoms. The van der Waals surface area contributed by atoms with Gasteiger partial charge in [-0.3, -0.25) is 9.69 Å². The number of likely N-dealkylation sites (tertiary alicyclic amines) is 1. The Kier molecular flexibility index (Phi) is 9.60. The number of nitrogens with two attached hydrogens (primary N) is 1. The number of benzene rings is 2. The van der Waals surface area contributed by atoms with Crippen molar-refractivity contribution in [3.63, 3.8) is 0 Å². The highest BCUT2D eigenvalue weighted by Gasteiger charge is 2.18. The third-order valence-electron chi connectivity index (χ3n) is 4.71. The minimum absolute atomic E-state index is 0. The van der Waals surface area contributed by atoms with Gasteiger partial charge in [-0.25, -0.2) is 0 Å². The van der Waals surface area contributed by atoms with Crippen molar-refractivity contribution in [1.82, 2.24) is 10.2 Å². The molecule has 0 unspecified atom stereocenters. The fourth-order valence-electron chi connectivity index (χ4n) is 3.18. The molecule has 1 heterocycles. The highest BCUT2D eigenvalue weighted by atomic mass is 35.5. The number of carbonyl (C=O) groups excluding carboxylic acids is 1. The highest BCUT2D eigenvalue weighted by molar-refractivity contribution is 5.99. The first-order valence-electron chi connectivity index (χ1n) is 8.73. The average molecular weight is 412 g/mol. The summed E-state index contributed by atoms with van der Waals surface area (Å²) in [5.41, 5.74) is 9.17. The first-order chi connectivity index (χ1) is 12.1. The Morgan fingerprint density at radius 1 is 1.04 bits per heavy atom. The van der Waals surface area contributed by atoms with Gasteiger partial charge in [-0.1, -0.05) is 36.4 Å². The van der Waals surface area contributed by atoms with E-state index in [0.717, 1.165) is 38.0 Å². The van der Waals surface area contributed by atoms with Gasteiger partial charge in [0.15, 0.2) is 0 Å². The number of nitrogens with zero attached hydrogens (tertiary/aromatic N) is 1. The van der Waals surface area contributed by atoms with Crippen LogP contribution in [-0.4, -0.2) is 35.1 Å². The molecule has 0 atom stereocenters. The van der Waals surface area contributed by atoms with Crippen molar-refractivity contribution in [2.75, 3.05) is 18.8 Å². The fraction of sp³-hybridized carbons (Fsp3) is 0.350. The second-order valence-corrected chi connectivity index (χ2v) is 6.55. The van der Waals surface area contributed by atoms with E-state index in [-0.39, 0.29) is 36.8 Å². The lowest BCUT2D eigenvalue weighted by atomic mass is 10.0. The zero-order valence-corrected chi connectivity index (χ0v) is 16.8. The highest BCUT2D eigenvalue weighted by Crippen LogP contribution is 2.17. The SMILES string of the molecule is Cl.Cl.Nc1ccccc1C(=O)NCc1ccccc1CN1CCC(O)CC1. The van der Waals surface area contributed by atoms with Crippen molar-refractivity contribution in [2.24, 2.45) is 0 Å². The van der Waals surface area contributed by atoms with Gasteiger partial charge >= 0.3 is 0 Å². The van der Waals surface area contributed by atoms with Gasteiger partial charge in [0.2, 0.25) is 0 Å². The number of para-hydroxylation sites is 1. The lowest BCUT2D eigenvalue weighted by molar-refractivity contribution is 0.0790. The minimum atomic E-state index is -0.165. The van der Waals surface area contributed by atoms with Crippen LogP contribution in [0.3, 0.4) is 0 Å². The summed E-state index contributed by atoms with van der Waals surface area (Å²) < 4.78 is 0. The lowest BCUT2D eigenvalue weighted by Gasteiger charge is -2.30. The number of aliphatic hydroxyl groups excluding tert-OH is 1. The molecule has 7 heteroatoms. The molecule has 0 spiro atoms. The molecule has 0 aliphatic carbocycles. The van der Waals surface area contributed by atoms with E-state index >= 15 is 0 Å². The molecular weight excluding hydrogens is 385 g/mol. The number of piperidine rings is 1. The summed E-state index contributed by atoms with van der Waals surface area (Å²) in [6.07, 6.45) is 1.49. The summed E-state index contributed by atoms with van der Waals surface area (Å²) >= 11 is 0. The van der Waals surface area contributed by atoms with E-state index in [1.807, 2.05) is 30.3 Å². The number of nitrogen functional groups attached to an aromatic ring is 1. The van der Waals surface area contributed by atoms with Crippen LogP contribution in [-0.2, 0) is 13.1 Å². The summed E-state index contributed by atoms with van der Waals surface area (Å²) in [7, 11) is 0. The van der Waals surface area contributed by atoms with Crippen LogP contribution in [0.15, 0.2) is 48.5 Å². The molecule has 1 fully saturated rings. The molecule has 0 bridgehead atoms.